The van der Waals surface area contributed by atoms with Crippen LogP contribution in [0.5, 0.6) is 0 Å². The summed E-state index contributed by atoms with van der Waals surface area (Å²) < 4.78 is 0. The van der Waals surface area contributed by atoms with Crippen LogP contribution < -0.4 is 5.32 Å². The van der Waals surface area contributed by atoms with Crippen molar-refractivity contribution in [2.24, 2.45) is 5.41 Å². The van der Waals surface area contributed by atoms with Crippen molar-refractivity contribution in [1.82, 2.24) is 10.2 Å². The second kappa shape index (κ2) is 6.55. The van der Waals surface area contributed by atoms with Gasteiger partial charge in [0.05, 0.1) is 13.2 Å². The highest BCUT2D eigenvalue weighted by Gasteiger charge is 2.25. The SMILES string of the molecule is CCN1CCCC1CNCC(C)(CO)CO. The van der Waals surface area contributed by atoms with Gasteiger partial charge >= 0.3 is 0 Å². The van der Waals surface area contributed by atoms with Gasteiger partial charge in [-0.1, -0.05) is 13.8 Å². The standard InChI is InChI=1S/C12H26N2O2/c1-3-14-6-4-5-11(14)7-13-8-12(2,9-15)10-16/h11,13,15-16H,3-10H2,1-2H3. The highest BCUT2D eigenvalue weighted by atomic mass is 16.3. The number of hydrogen-bond acceptors (Lipinski definition) is 4. The fourth-order valence-corrected chi connectivity index (χ4v) is 2.24. The number of aliphatic hydroxyl groups excluding tert-OH is 2. The lowest BCUT2D eigenvalue weighted by atomic mass is 9.93. The molecule has 0 spiro atoms. The maximum absolute atomic E-state index is 9.16. The minimum atomic E-state index is -0.393. The molecule has 0 bridgehead atoms. The average Bonchev–Trinajstić information content (AvgIpc) is 2.76. The third kappa shape index (κ3) is 3.70. The molecule has 1 aliphatic heterocycles. The molecule has 96 valence electrons. The van der Waals surface area contributed by atoms with Crippen LogP contribution in [0.15, 0.2) is 0 Å². The molecule has 1 heterocycles. The first-order valence-electron chi connectivity index (χ1n) is 6.31. The zero-order valence-electron chi connectivity index (χ0n) is 10.6. The molecule has 0 saturated carbocycles. The molecule has 1 atom stereocenters. The third-order valence-corrected chi connectivity index (χ3v) is 3.60. The first-order valence-corrected chi connectivity index (χ1v) is 6.31. The van der Waals surface area contributed by atoms with Crippen molar-refractivity contribution in [3.63, 3.8) is 0 Å². The van der Waals surface area contributed by atoms with E-state index < -0.39 is 5.41 Å². The van der Waals surface area contributed by atoms with E-state index in [0.717, 1.165) is 13.1 Å². The fraction of sp³-hybridized carbons (Fsp3) is 1.00. The van der Waals surface area contributed by atoms with Gasteiger partial charge in [-0.05, 0) is 25.9 Å². The topological polar surface area (TPSA) is 55.7 Å². The summed E-state index contributed by atoms with van der Waals surface area (Å²) in [5.74, 6) is 0. The quantitative estimate of drug-likeness (QED) is 0.578. The Morgan fingerprint density at radius 3 is 2.62 bits per heavy atom. The summed E-state index contributed by atoms with van der Waals surface area (Å²) in [7, 11) is 0. The number of likely N-dealkylation sites (tertiary alicyclic amines) is 1. The summed E-state index contributed by atoms with van der Waals surface area (Å²) in [6.07, 6.45) is 2.55. The summed E-state index contributed by atoms with van der Waals surface area (Å²) in [5.41, 5.74) is -0.393. The van der Waals surface area contributed by atoms with Crippen LogP contribution in [-0.4, -0.2) is 60.5 Å². The molecule has 0 aliphatic carbocycles. The van der Waals surface area contributed by atoms with E-state index in [1.165, 1.54) is 19.4 Å². The Labute approximate surface area is 98.6 Å². The second-order valence-electron chi connectivity index (χ2n) is 5.18. The van der Waals surface area contributed by atoms with Gasteiger partial charge in [0.2, 0.25) is 0 Å². The lowest BCUT2D eigenvalue weighted by Crippen LogP contribution is -2.43. The number of nitrogens with one attached hydrogen (secondary N) is 1. The van der Waals surface area contributed by atoms with Crippen molar-refractivity contribution >= 4 is 0 Å². The number of hydrogen-bond donors (Lipinski definition) is 3. The molecule has 1 saturated heterocycles. The summed E-state index contributed by atoms with van der Waals surface area (Å²) in [6, 6.07) is 0.631. The largest absolute Gasteiger partial charge is 0.396 e. The van der Waals surface area contributed by atoms with Gasteiger partial charge in [0, 0.05) is 24.5 Å². The van der Waals surface area contributed by atoms with Crippen molar-refractivity contribution in [2.45, 2.75) is 32.7 Å². The van der Waals surface area contributed by atoms with Crippen LogP contribution in [0, 0.1) is 5.41 Å². The molecule has 1 aliphatic rings. The Morgan fingerprint density at radius 2 is 2.06 bits per heavy atom. The predicted octanol–water partition coefficient (Wildman–Crippen LogP) is 0.0512. The third-order valence-electron chi connectivity index (χ3n) is 3.60. The van der Waals surface area contributed by atoms with Gasteiger partial charge < -0.3 is 15.5 Å². The smallest absolute Gasteiger partial charge is 0.0518 e. The molecule has 4 heteroatoms. The van der Waals surface area contributed by atoms with E-state index in [1.54, 1.807) is 0 Å². The Morgan fingerprint density at radius 1 is 1.38 bits per heavy atom. The van der Waals surface area contributed by atoms with Gasteiger partial charge in [-0.3, -0.25) is 4.90 Å². The molecular weight excluding hydrogens is 204 g/mol. The molecule has 4 nitrogen and oxygen atoms in total. The molecule has 1 rings (SSSR count). The fourth-order valence-electron chi connectivity index (χ4n) is 2.24. The van der Waals surface area contributed by atoms with Crippen LogP contribution in [0.25, 0.3) is 0 Å². The molecular formula is C12H26N2O2. The van der Waals surface area contributed by atoms with Gasteiger partial charge in [-0.25, -0.2) is 0 Å². The zero-order valence-corrected chi connectivity index (χ0v) is 10.6. The minimum absolute atomic E-state index is 0.0264. The summed E-state index contributed by atoms with van der Waals surface area (Å²) in [4.78, 5) is 2.49. The number of aliphatic hydroxyl groups is 2. The maximum atomic E-state index is 9.16. The Kier molecular flexibility index (Phi) is 5.69. The molecule has 0 aromatic rings. The van der Waals surface area contributed by atoms with Crippen LogP contribution in [0.2, 0.25) is 0 Å². The van der Waals surface area contributed by atoms with E-state index in [9.17, 15) is 0 Å². The van der Waals surface area contributed by atoms with Gasteiger partial charge in [0.25, 0.3) is 0 Å². The van der Waals surface area contributed by atoms with Crippen molar-refractivity contribution in [3.8, 4) is 0 Å². The van der Waals surface area contributed by atoms with Crippen LogP contribution in [0.3, 0.4) is 0 Å². The first-order chi connectivity index (χ1) is 7.65. The minimum Gasteiger partial charge on any atom is -0.396 e. The molecule has 16 heavy (non-hydrogen) atoms. The van der Waals surface area contributed by atoms with Gasteiger partial charge in [-0.2, -0.15) is 0 Å². The van der Waals surface area contributed by atoms with E-state index in [0.29, 0.717) is 12.6 Å². The van der Waals surface area contributed by atoms with Crippen LogP contribution in [0.4, 0.5) is 0 Å². The molecule has 0 radical (unpaired) electrons. The van der Waals surface area contributed by atoms with E-state index in [2.05, 4.69) is 17.1 Å². The van der Waals surface area contributed by atoms with Crippen molar-refractivity contribution in [2.75, 3.05) is 39.4 Å². The second-order valence-corrected chi connectivity index (χ2v) is 5.18. The van der Waals surface area contributed by atoms with E-state index in [4.69, 9.17) is 10.2 Å². The zero-order chi connectivity index (χ0) is 12.0. The maximum Gasteiger partial charge on any atom is 0.0518 e. The Hall–Kier alpha value is -0.160. The average molecular weight is 230 g/mol. The molecule has 0 aromatic heterocycles. The van der Waals surface area contributed by atoms with E-state index >= 15 is 0 Å². The Bertz CT molecular complexity index is 195. The lowest BCUT2D eigenvalue weighted by molar-refractivity contribution is 0.0683. The molecule has 1 unspecified atom stereocenters. The highest BCUT2D eigenvalue weighted by molar-refractivity contribution is 4.82. The lowest BCUT2D eigenvalue weighted by Gasteiger charge is -2.28. The summed E-state index contributed by atoms with van der Waals surface area (Å²) >= 11 is 0. The number of likely N-dealkylation sites (N-methyl/N-ethyl adjacent to an activating group) is 1. The summed E-state index contributed by atoms with van der Waals surface area (Å²) in [5, 5.41) is 21.7. The summed E-state index contributed by atoms with van der Waals surface area (Å²) in [6.45, 7) is 8.11. The van der Waals surface area contributed by atoms with Crippen molar-refractivity contribution in [1.29, 1.82) is 0 Å². The van der Waals surface area contributed by atoms with Gasteiger partial charge in [0.1, 0.15) is 0 Å². The van der Waals surface area contributed by atoms with Crippen molar-refractivity contribution in [3.05, 3.63) is 0 Å². The van der Waals surface area contributed by atoms with Crippen LogP contribution in [-0.2, 0) is 0 Å². The van der Waals surface area contributed by atoms with Crippen LogP contribution >= 0.6 is 0 Å². The molecule has 0 amide bonds. The number of rotatable bonds is 7. The molecule has 1 fully saturated rings. The normalized spacial score (nSPS) is 22.9. The predicted molar refractivity (Wildman–Crippen MR) is 65.4 cm³/mol. The van der Waals surface area contributed by atoms with E-state index in [1.807, 2.05) is 6.92 Å². The highest BCUT2D eigenvalue weighted by Crippen LogP contribution is 2.17. The van der Waals surface area contributed by atoms with Crippen LogP contribution in [0.1, 0.15) is 26.7 Å². The molecule has 0 aromatic carbocycles. The Balaban J connectivity index is 2.24. The monoisotopic (exact) mass is 230 g/mol. The first kappa shape index (κ1) is 13.9. The number of nitrogens with zero attached hydrogens (tertiary/aromatic N) is 1. The van der Waals surface area contributed by atoms with E-state index in [-0.39, 0.29) is 13.2 Å². The van der Waals surface area contributed by atoms with Crippen molar-refractivity contribution < 1.29 is 10.2 Å². The van der Waals surface area contributed by atoms with Gasteiger partial charge in [-0.15, -0.1) is 0 Å². The molecule has 3 N–H and O–H groups in total. The van der Waals surface area contributed by atoms with Gasteiger partial charge in [0.15, 0.2) is 0 Å².